The molecule has 0 N–H and O–H groups in total. The first-order chi connectivity index (χ1) is 12.4. The van der Waals surface area contributed by atoms with Gasteiger partial charge in [0.25, 0.3) is 0 Å². The van der Waals surface area contributed by atoms with Gasteiger partial charge in [-0.05, 0) is 56.6 Å². The summed E-state index contributed by atoms with van der Waals surface area (Å²) in [7, 11) is 0. The highest BCUT2D eigenvalue weighted by Crippen LogP contribution is 2.42. The third-order valence-corrected chi connectivity index (χ3v) is 7.98. The molecule has 0 amide bonds. The molecule has 0 nitrogen and oxygen atoms in total. The van der Waals surface area contributed by atoms with Crippen LogP contribution in [0.4, 0.5) is 0 Å². The van der Waals surface area contributed by atoms with Gasteiger partial charge in [-0.25, -0.2) is 0 Å². The third-order valence-electron chi connectivity index (χ3n) is 5.44. The monoisotopic (exact) mass is 356 g/mol. The molecular weight excluding hydrogens is 340 g/mol. The van der Waals surface area contributed by atoms with Gasteiger partial charge in [0.1, 0.15) is 0 Å². The van der Waals surface area contributed by atoms with Crippen LogP contribution in [0.25, 0.3) is 42.4 Å². The van der Waals surface area contributed by atoms with Crippen molar-refractivity contribution in [3.05, 3.63) is 71.6 Å². The molecule has 25 heavy (non-hydrogen) atoms. The minimum atomic E-state index is 0.779. The molecule has 1 saturated heterocycles. The van der Waals surface area contributed by atoms with Crippen molar-refractivity contribution in [1.82, 2.24) is 0 Å². The number of rotatable bonds is 1. The maximum Gasteiger partial charge on any atom is 0.0352 e. The van der Waals surface area contributed by atoms with Gasteiger partial charge in [-0.2, -0.15) is 11.8 Å². The number of thiophene rings is 1. The first kappa shape index (κ1) is 14.2. The molecule has 0 saturated carbocycles. The molecule has 0 spiro atoms. The maximum absolute atomic E-state index is 2.46. The lowest BCUT2D eigenvalue weighted by molar-refractivity contribution is 0.872. The van der Waals surface area contributed by atoms with Crippen molar-refractivity contribution in [1.29, 1.82) is 0 Å². The second kappa shape index (κ2) is 5.23. The maximum atomic E-state index is 2.46. The van der Waals surface area contributed by atoms with E-state index in [1.54, 1.807) is 4.88 Å². The molecule has 6 rings (SSSR count). The molecule has 120 valence electrons. The summed E-state index contributed by atoms with van der Waals surface area (Å²) in [6.45, 7) is 0. The Morgan fingerprint density at radius 1 is 0.640 bits per heavy atom. The van der Waals surface area contributed by atoms with Crippen LogP contribution < -0.4 is 0 Å². The molecule has 1 aliphatic heterocycles. The van der Waals surface area contributed by atoms with Crippen LogP contribution >= 0.6 is 23.1 Å². The second-order valence-electron chi connectivity index (χ2n) is 6.94. The van der Waals surface area contributed by atoms with Gasteiger partial charge in [0.05, 0.1) is 0 Å². The molecule has 1 aromatic heterocycles. The predicted molar refractivity (Wildman–Crippen MR) is 114 cm³/mol. The number of hydrogen-bond acceptors (Lipinski definition) is 2. The average Bonchev–Trinajstić information content (AvgIpc) is 3.01. The fraction of sp³-hybridized carbons (Fsp3) is 0.130. The van der Waals surface area contributed by atoms with Gasteiger partial charge in [0.15, 0.2) is 0 Å². The van der Waals surface area contributed by atoms with Crippen LogP contribution in [-0.2, 0) is 0 Å². The van der Waals surface area contributed by atoms with E-state index < -0.39 is 0 Å². The summed E-state index contributed by atoms with van der Waals surface area (Å²) in [4.78, 5) is 1.57. The van der Waals surface area contributed by atoms with Gasteiger partial charge in [-0.1, -0.05) is 42.5 Å². The normalized spacial score (nSPS) is 15.4. The lowest BCUT2D eigenvalue weighted by Crippen LogP contribution is -2.13. The zero-order valence-electron chi connectivity index (χ0n) is 13.7. The van der Waals surface area contributed by atoms with Crippen molar-refractivity contribution in [2.75, 3.05) is 11.5 Å². The van der Waals surface area contributed by atoms with Gasteiger partial charge >= 0.3 is 0 Å². The molecule has 2 heteroatoms. The van der Waals surface area contributed by atoms with Crippen molar-refractivity contribution in [3.63, 3.8) is 0 Å². The topological polar surface area (TPSA) is 0 Å². The highest BCUT2D eigenvalue weighted by molar-refractivity contribution is 8.00. The summed E-state index contributed by atoms with van der Waals surface area (Å²) in [6.07, 6.45) is 0. The molecule has 0 aliphatic carbocycles. The molecule has 1 fully saturated rings. The number of thioether (sulfide) groups is 1. The molecule has 0 bridgehead atoms. The summed E-state index contributed by atoms with van der Waals surface area (Å²) < 4.78 is 1.43. The van der Waals surface area contributed by atoms with Crippen LogP contribution in [0.15, 0.2) is 66.7 Å². The van der Waals surface area contributed by atoms with E-state index in [9.17, 15) is 0 Å². The molecule has 0 radical (unpaired) electrons. The van der Waals surface area contributed by atoms with Crippen molar-refractivity contribution >= 4 is 65.5 Å². The van der Waals surface area contributed by atoms with E-state index in [4.69, 9.17) is 0 Å². The standard InChI is InChI=1S/C23H16S2/c1-2-4-15-10-20-16(9-14(15)3-1)5-6-19-18(20)7-8-22-21(19)11-23(25-22)17-12-24-13-17/h1-11,17H,12-13H2. The summed E-state index contributed by atoms with van der Waals surface area (Å²) in [6, 6.07) is 25.0. The molecule has 2 heterocycles. The van der Waals surface area contributed by atoms with Gasteiger partial charge in [-0.3, -0.25) is 0 Å². The van der Waals surface area contributed by atoms with E-state index in [-0.39, 0.29) is 0 Å². The van der Waals surface area contributed by atoms with Crippen LogP contribution in [0.3, 0.4) is 0 Å². The van der Waals surface area contributed by atoms with Crippen molar-refractivity contribution < 1.29 is 0 Å². The van der Waals surface area contributed by atoms with Crippen LogP contribution in [0.2, 0.25) is 0 Å². The lowest BCUT2D eigenvalue weighted by atomic mass is 9.96. The van der Waals surface area contributed by atoms with Crippen molar-refractivity contribution in [3.8, 4) is 0 Å². The van der Waals surface area contributed by atoms with Crippen LogP contribution in [0.1, 0.15) is 10.8 Å². The average molecular weight is 357 g/mol. The summed E-state index contributed by atoms with van der Waals surface area (Å²) in [5.41, 5.74) is 0. The Morgan fingerprint density at radius 2 is 1.40 bits per heavy atom. The van der Waals surface area contributed by atoms with E-state index in [0.717, 1.165) is 5.92 Å². The van der Waals surface area contributed by atoms with E-state index in [1.165, 1.54) is 53.9 Å². The number of benzene rings is 4. The number of hydrogen-bond donors (Lipinski definition) is 0. The quantitative estimate of drug-likeness (QED) is 0.226. The van der Waals surface area contributed by atoms with Crippen molar-refractivity contribution in [2.45, 2.75) is 5.92 Å². The van der Waals surface area contributed by atoms with Gasteiger partial charge in [-0.15, -0.1) is 11.3 Å². The zero-order valence-corrected chi connectivity index (χ0v) is 15.3. The van der Waals surface area contributed by atoms with E-state index >= 15 is 0 Å². The Morgan fingerprint density at radius 3 is 2.20 bits per heavy atom. The Labute approximate surface area is 154 Å². The first-order valence-electron chi connectivity index (χ1n) is 8.72. The second-order valence-corrected chi connectivity index (χ2v) is 9.13. The van der Waals surface area contributed by atoms with Crippen LogP contribution in [-0.4, -0.2) is 11.5 Å². The predicted octanol–water partition coefficient (Wildman–Crippen LogP) is 7.19. The summed E-state index contributed by atoms with van der Waals surface area (Å²) in [5.74, 6) is 3.36. The highest BCUT2D eigenvalue weighted by atomic mass is 32.2. The fourth-order valence-corrected chi connectivity index (χ4v) is 6.19. The van der Waals surface area contributed by atoms with E-state index in [1.807, 2.05) is 11.3 Å². The summed E-state index contributed by atoms with van der Waals surface area (Å²) >= 11 is 4.05. The SMILES string of the molecule is c1ccc2cc3c(ccc4c5cc(C6CSC6)sc5ccc34)cc2c1. The number of fused-ring (bicyclic) bond motifs is 6. The lowest BCUT2D eigenvalue weighted by Gasteiger charge is -2.23. The Balaban J connectivity index is 1.69. The molecule has 0 unspecified atom stereocenters. The molecule has 5 aromatic rings. The molecule has 1 aliphatic rings. The van der Waals surface area contributed by atoms with E-state index in [0.29, 0.717) is 0 Å². The van der Waals surface area contributed by atoms with Gasteiger partial charge in [0, 0.05) is 32.4 Å². The van der Waals surface area contributed by atoms with E-state index in [2.05, 4.69) is 78.5 Å². The Bertz CT molecular complexity index is 1280. The van der Waals surface area contributed by atoms with Gasteiger partial charge in [0.2, 0.25) is 0 Å². The zero-order chi connectivity index (χ0) is 16.4. The largest absolute Gasteiger partial charge is 0.161 e. The highest BCUT2D eigenvalue weighted by Gasteiger charge is 2.22. The molecule has 4 aromatic carbocycles. The molecular formula is C23H16S2. The third kappa shape index (κ3) is 2.08. The van der Waals surface area contributed by atoms with Gasteiger partial charge < -0.3 is 0 Å². The Kier molecular flexibility index (Phi) is 2.97. The summed E-state index contributed by atoms with van der Waals surface area (Å²) in [5, 5.41) is 9.54. The first-order valence-corrected chi connectivity index (χ1v) is 10.7. The Hall–Kier alpha value is -2.03. The van der Waals surface area contributed by atoms with Crippen molar-refractivity contribution in [2.24, 2.45) is 0 Å². The smallest absolute Gasteiger partial charge is 0.0352 e. The van der Waals surface area contributed by atoms with Crippen LogP contribution in [0, 0.1) is 0 Å². The minimum Gasteiger partial charge on any atom is -0.161 e. The fourth-order valence-electron chi connectivity index (χ4n) is 3.97. The van der Waals surface area contributed by atoms with Crippen LogP contribution in [0.5, 0.6) is 0 Å². The molecule has 0 atom stereocenters. The minimum absolute atomic E-state index is 0.779.